The van der Waals surface area contributed by atoms with E-state index in [-0.39, 0.29) is 22.2 Å². The largest absolute Gasteiger partial charge is 0.396 e. The third kappa shape index (κ3) is 2.67. The van der Waals surface area contributed by atoms with Crippen LogP contribution < -0.4 is 10.5 Å². The quantitative estimate of drug-likeness (QED) is 0.839. The molecule has 112 valence electrons. The average Bonchev–Trinajstić information content (AvgIpc) is 2.21. The number of sulfonamides is 1. The van der Waals surface area contributed by atoms with Crippen LogP contribution in [0.3, 0.4) is 0 Å². The normalized spacial score (nSPS) is 17.8. The lowest BCUT2D eigenvalue weighted by Crippen LogP contribution is -2.41. The molecule has 2 rings (SSSR count). The Morgan fingerprint density at radius 1 is 1.40 bits per heavy atom. The maximum Gasteiger partial charge on any atom is 0.241 e. The molecular formula is C14H21FN2O2S. The number of halogens is 1. The van der Waals surface area contributed by atoms with Crippen molar-refractivity contribution in [1.29, 1.82) is 0 Å². The van der Waals surface area contributed by atoms with Gasteiger partial charge in [-0.05, 0) is 56.7 Å². The Hall–Kier alpha value is -1.14. The highest BCUT2D eigenvalue weighted by Gasteiger charge is 2.30. The molecule has 1 fully saturated rings. The molecule has 1 atom stereocenters. The van der Waals surface area contributed by atoms with Crippen LogP contribution in [0.15, 0.2) is 11.0 Å². The summed E-state index contributed by atoms with van der Waals surface area (Å²) in [5.41, 5.74) is 6.16. The van der Waals surface area contributed by atoms with Crippen LogP contribution >= 0.6 is 0 Å². The summed E-state index contributed by atoms with van der Waals surface area (Å²) in [4.78, 5) is 0.0996. The van der Waals surface area contributed by atoms with Gasteiger partial charge in [0.25, 0.3) is 0 Å². The molecule has 1 unspecified atom stereocenters. The lowest BCUT2D eigenvalue weighted by Gasteiger charge is -2.32. The first-order chi connectivity index (χ1) is 9.24. The Morgan fingerprint density at radius 3 is 2.50 bits per heavy atom. The molecule has 6 heteroatoms. The van der Waals surface area contributed by atoms with Crippen molar-refractivity contribution in [2.24, 2.45) is 5.92 Å². The van der Waals surface area contributed by atoms with Gasteiger partial charge in [-0.25, -0.2) is 17.5 Å². The van der Waals surface area contributed by atoms with Crippen molar-refractivity contribution >= 4 is 15.7 Å². The number of hydrogen-bond donors (Lipinski definition) is 2. The van der Waals surface area contributed by atoms with E-state index in [9.17, 15) is 12.8 Å². The molecule has 1 saturated carbocycles. The Morgan fingerprint density at radius 2 is 2.00 bits per heavy atom. The van der Waals surface area contributed by atoms with Crippen LogP contribution in [0.5, 0.6) is 0 Å². The highest BCUT2D eigenvalue weighted by atomic mass is 32.2. The standard InChI is InChI=1S/C14H21FN2O2S/c1-8-7-12(15)13(16)9(2)14(8)20(18,19)17-10(3)11-5-4-6-11/h7,10-11,17H,4-6,16H2,1-3H3. The highest BCUT2D eigenvalue weighted by molar-refractivity contribution is 7.89. The molecule has 1 aliphatic carbocycles. The first-order valence-corrected chi connectivity index (χ1v) is 8.30. The molecule has 0 aromatic heterocycles. The molecule has 0 aliphatic heterocycles. The number of nitrogens with two attached hydrogens (primary N) is 1. The average molecular weight is 300 g/mol. The van der Waals surface area contributed by atoms with Crippen LogP contribution in [0.4, 0.5) is 10.1 Å². The topological polar surface area (TPSA) is 72.2 Å². The van der Waals surface area contributed by atoms with Crippen molar-refractivity contribution in [3.8, 4) is 0 Å². The molecule has 3 N–H and O–H groups in total. The van der Waals surface area contributed by atoms with Gasteiger partial charge in [0.2, 0.25) is 10.0 Å². The van der Waals surface area contributed by atoms with Crippen LogP contribution in [0, 0.1) is 25.6 Å². The van der Waals surface area contributed by atoms with Gasteiger partial charge in [0.05, 0.1) is 10.6 Å². The number of anilines is 1. The van der Waals surface area contributed by atoms with Gasteiger partial charge >= 0.3 is 0 Å². The van der Waals surface area contributed by atoms with Gasteiger partial charge < -0.3 is 5.73 Å². The summed E-state index contributed by atoms with van der Waals surface area (Å²) >= 11 is 0. The molecule has 4 nitrogen and oxygen atoms in total. The van der Waals surface area contributed by atoms with E-state index in [4.69, 9.17) is 5.73 Å². The van der Waals surface area contributed by atoms with Gasteiger partial charge in [0.1, 0.15) is 5.82 Å². The molecule has 1 aromatic carbocycles. The summed E-state index contributed by atoms with van der Waals surface area (Å²) in [6.45, 7) is 4.99. The lowest BCUT2D eigenvalue weighted by atomic mass is 9.81. The van der Waals surface area contributed by atoms with E-state index in [1.165, 1.54) is 13.0 Å². The summed E-state index contributed by atoms with van der Waals surface area (Å²) < 4.78 is 41.2. The first kappa shape index (κ1) is 15.3. The second-order valence-corrected chi connectivity index (χ2v) is 7.29. The van der Waals surface area contributed by atoms with Gasteiger partial charge in [-0.3, -0.25) is 0 Å². The van der Waals surface area contributed by atoms with E-state index in [1.807, 2.05) is 6.92 Å². The molecule has 0 heterocycles. The Labute approximate surface area is 119 Å². The van der Waals surface area contributed by atoms with Crippen molar-refractivity contribution in [2.45, 2.75) is 51.0 Å². The minimum Gasteiger partial charge on any atom is -0.396 e. The number of benzene rings is 1. The van der Waals surface area contributed by atoms with E-state index in [0.29, 0.717) is 11.5 Å². The Bertz CT molecular complexity index is 625. The maximum absolute atomic E-state index is 13.5. The van der Waals surface area contributed by atoms with E-state index >= 15 is 0 Å². The summed E-state index contributed by atoms with van der Waals surface area (Å²) in [7, 11) is -3.68. The Kier molecular flexibility index (Phi) is 4.07. The zero-order chi connectivity index (χ0) is 15.1. The van der Waals surface area contributed by atoms with Crippen molar-refractivity contribution < 1.29 is 12.8 Å². The van der Waals surface area contributed by atoms with Crippen molar-refractivity contribution in [2.75, 3.05) is 5.73 Å². The Balaban J connectivity index is 2.36. The predicted molar refractivity (Wildman–Crippen MR) is 77.4 cm³/mol. The second kappa shape index (κ2) is 5.33. The van der Waals surface area contributed by atoms with E-state index in [0.717, 1.165) is 19.3 Å². The maximum atomic E-state index is 13.5. The van der Waals surface area contributed by atoms with Crippen LogP contribution in [0.2, 0.25) is 0 Å². The summed E-state index contributed by atoms with van der Waals surface area (Å²) in [6, 6.07) is 1.06. The van der Waals surface area contributed by atoms with E-state index < -0.39 is 15.8 Å². The van der Waals surface area contributed by atoms with Gasteiger partial charge in [-0.1, -0.05) is 6.42 Å². The number of aryl methyl sites for hydroxylation is 1. The molecule has 0 spiro atoms. The van der Waals surface area contributed by atoms with Crippen molar-refractivity contribution in [1.82, 2.24) is 4.72 Å². The fourth-order valence-electron chi connectivity index (χ4n) is 2.68. The van der Waals surface area contributed by atoms with Crippen molar-refractivity contribution in [3.63, 3.8) is 0 Å². The zero-order valence-corrected chi connectivity index (χ0v) is 12.8. The summed E-state index contributed by atoms with van der Waals surface area (Å²) in [6.07, 6.45) is 3.25. The molecule has 0 amide bonds. The SMILES string of the molecule is Cc1cc(F)c(N)c(C)c1S(=O)(=O)NC(C)C1CCC1. The summed E-state index contributed by atoms with van der Waals surface area (Å²) in [5, 5.41) is 0. The van der Waals surface area contributed by atoms with Gasteiger partial charge in [0.15, 0.2) is 0 Å². The van der Waals surface area contributed by atoms with Gasteiger partial charge in [-0.2, -0.15) is 0 Å². The monoisotopic (exact) mass is 300 g/mol. The molecule has 0 bridgehead atoms. The minimum atomic E-state index is -3.68. The third-order valence-corrected chi connectivity index (χ3v) is 6.02. The van der Waals surface area contributed by atoms with E-state index in [1.54, 1.807) is 6.92 Å². The molecule has 0 radical (unpaired) electrons. The number of rotatable bonds is 4. The fraction of sp³-hybridized carbons (Fsp3) is 0.571. The zero-order valence-electron chi connectivity index (χ0n) is 12.0. The fourth-order valence-corrected chi connectivity index (χ4v) is 4.48. The molecular weight excluding hydrogens is 279 g/mol. The minimum absolute atomic E-state index is 0.0996. The van der Waals surface area contributed by atoms with Crippen LogP contribution in [0.1, 0.15) is 37.3 Å². The van der Waals surface area contributed by atoms with Crippen molar-refractivity contribution in [3.05, 3.63) is 23.0 Å². The van der Waals surface area contributed by atoms with Gasteiger partial charge in [0, 0.05) is 6.04 Å². The number of nitrogens with one attached hydrogen (secondary N) is 1. The second-order valence-electron chi connectivity index (χ2n) is 5.64. The third-order valence-electron chi connectivity index (χ3n) is 4.17. The van der Waals surface area contributed by atoms with Crippen LogP contribution in [0.25, 0.3) is 0 Å². The molecule has 1 aliphatic rings. The summed E-state index contributed by atoms with van der Waals surface area (Å²) in [5.74, 6) is -0.186. The number of hydrogen-bond acceptors (Lipinski definition) is 3. The van der Waals surface area contributed by atoms with Crippen LogP contribution in [-0.2, 0) is 10.0 Å². The predicted octanol–water partition coefficient (Wildman–Crippen LogP) is 2.49. The smallest absolute Gasteiger partial charge is 0.241 e. The lowest BCUT2D eigenvalue weighted by molar-refractivity contribution is 0.260. The molecule has 0 saturated heterocycles. The molecule has 1 aromatic rings. The van der Waals surface area contributed by atoms with E-state index in [2.05, 4.69) is 4.72 Å². The van der Waals surface area contributed by atoms with Gasteiger partial charge in [-0.15, -0.1) is 0 Å². The molecule has 20 heavy (non-hydrogen) atoms. The number of nitrogen functional groups attached to an aromatic ring is 1. The van der Waals surface area contributed by atoms with Crippen LogP contribution in [-0.4, -0.2) is 14.5 Å². The first-order valence-electron chi connectivity index (χ1n) is 6.81. The highest BCUT2D eigenvalue weighted by Crippen LogP contribution is 2.32.